The number of allylic oxidation sites excluding steroid dienone is 2. The summed E-state index contributed by atoms with van der Waals surface area (Å²) in [6.07, 6.45) is 12.0. The summed E-state index contributed by atoms with van der Waals surface area (Å²) in [7, 11) is 0. The van der Waals surface area contributed by atoms with Crippen LogP contribution in [0.1, 0.15) is 17.9 Å². The number of rotatable bonds is 3. The molecule has 3 aliphatic rings. The molecule has 2 heterocycles. The second kappa shape index (κ2) is 6.06. The van der Waals surface area contributed by atoms with Crippen LogP contribution in [-0.4, -0.2) is 35.7 Å². The normalized spacial score (nSPS) is 29.4. The Balaban J connectivity index is 1.42. The molecule has 1 fully saturated rings. The molecule has 0 saturated carbocycles. The molecule has 1 saturated heterocycles. The maximum Gasteiger partial charge on any atom is 0.134 e. The molecule has 23 heavy (non-hydrogen) atoms. The maximum atomic E-state index is 9.81. The van der Waals surface area contributed by atoms with Crippen LogP contribution in [0, 0.1) is 5.92 Å². The van der Waals surface area contributed by atoms with Crippen molar-refractivity contribution in [3.8, 4) is 5.75 Å². The number of hydrogen-bond donors (Lipinski definition) is 2. The highest BCUT2D eigenvalue weighted by Crippen LogP contribution is 2.37. The largest absolute Gasteiger partial charge is 0.506 e. The predicted octanol–water partition coefficient (Wildman–Crippen LogP) is 3.43. The smallest absolute Gasteiger partial charge is 0.134 e. The van der Waals surface area contributed by atoms with Crippen molar-refractivity contribution >= 4 is 11.6 Å². The Bertz CT molecular complexity index is 695. The van der Waals surface area contributed by atoms with Crippen LogP contribution in [0.2, 0.25) is 5.02 Å². The van der Waals surface area contributed by atoms with Gasteiger partial charge in [-0.3, -0.25) is 4.90 Å². The van der Waals surface area contributed by atoms with Gasteiger partial charge in [0.15, 0.2) is 0 Å². The van der Waals surface area contributed by atoms with Crippen LogP contribution in [0.15, 0.2) is 54.3 Å². The average molecular weight is 329 g/mol. The van der Waals surface area contributed by atoms with E-state index >= 15 is 0 Å². The summed E-state index contributed by atoms with van der Waals surface area (Å²) in [6.45, 7) is 3.07. The molecule has 1 aromatic carbocycles. The number of nitrogens with one attached hydrogen (secondary N) is 1. The standard InChI is InChI=1S/C19H21ClN2O/c20-19-16(5-3-7-18(19)23)13-8-9-22(11-13)12-14-10-21-17-6-2-1-4-15(14)17/h1-7,10,13,15,17,21,23H,8-9,11-12H2. The number of halogens is 1. The summed E-state index contributed by atoms with van der Waals surface area (Å²) >= 11 is 6.28. The molecule has 120 valence electrons. The van der Waals surface area contributed by atoms with E-state index in [1.807, 2.05) is 12.1 Å². The van der Waals surface area contributed by atoms with Crippen LogP contribution in [0.3, 0.4) is 0 Å². The SMILES string of the molecule is Oc1cccc(C2CCN(CC3=CNC4C=CC=CC34)C2)c1Cl. The number of aromatic hydroxyl groups is 1. The highest BCUT2D eigenvalue weighted by molar-refractivity contribution is 6.32. The first kappa shape index (κ1) is 14.9. The number of fused-ring (bicyclic) bond motifs is 1. The Morgan fingerprint density at radius 3 is 3.04 bits per heavy atom. The third-order valence-corrected chi connectivity index (χ3v) is 5.56. The minimum absolute atomic E-state index is 0.187. The molecular formula is C19H21ClN2O. The third kappa shape index (κ3) is 2.79. The third-order valence-electron chi connectivity index (χ3n) is 5.15. The summed E-state index contributed by atoms with van der Waals surface area (Å²) < 4.78 is 0. The van der Waals surface area contributed by atoms with Crippen LogP contribution >= 0.6 is 11.6 Å². The highest BCUT2D eigenvalue weighted by Gasteiger charge is 2.31. The van der Waals surface area contributed by atoms with E-state index in [9.17, 15) is 5.11 Å². The highest BCUT2D eigenvalue weighted by atomic mass is 35.5. The fraction of sp³-hybridized carbons (Fsp3) is 0.368. The van der Waals surface area contributed by atoms with Gasteiger partial charge in [-0.05, 0) is 42.3 Å². The molecule has 2 N–H and O–H groups in total. The number of nitrogens with zero attached hydrogens (tertiary/aromatic N) is 1. The van der Waals surface area contributed by atoms with Gasteiger partial charge in [-0.25, -0.2) is 0 Å². The molecule has 2 aliphatic heterocycles. The first-order valence-corrected chi connectivity index (χ1v) is 8.60. The van der Waals surface area contributed by atoms with E-state index in [1.54, 1.807) is 6.07 Å². The topological polar surface area (TPSA) is 35.5 Å². The molecule has 1 aromatic rings. The van der Waals surface area contributed by atoms with Gasteiger partial charge < -0.3 is 10.4 Å². The molecule has 0 amide bonds. The van der Waals surface area contributed by atoms with Gasteiger partial charge in [0.1, 0.15) is 5.75 Å². The number of benzene rings is 1. The van der Waals surface area contributed by atoms with E-state index in [1.165, 1.54) is 5.57 Å². The maximum absolute atomic E-state index is 9.81. The number of phenolic OH excluding ortho intramolecular Hbond substituents is 1. The van der Waals surface area contributed by atoms with Gasteiger partial charge in [0.05, 0.1) is 11.1 Å². The van der Waals surface area contributed by atoms with E-state index < -0.39 is 0 Å². The lowest BCUT2D eigenvalue weighted by Crippen LogP contribution is -2.29. The molecule has 3 unspecified atom stereocenters. The summed E-state index contributed by atoms with van der Waals surface area (Å²) in [5, 5.41) is 13.8. The molecule has 4 rings (SSSR count). The van der Waals surface area contributed by atoms with Gasteiger partial charge in [0.2, 0.25) is 0 Å². The van der Waals surface area contributed by atoms with Crippen LogP contribution in [0.25, 0.3) is 0 Å². The quantitative estimate of drug-likeness (QED) is 0.892. The lowest BCUT2D eigenvalue weighted by Gasteiger charge is -2.23. The minimum Gasteiger partial charge on any atom is -0.506 e. The monoisotopic (exact) mass is 328 g/mol. The van der Waals surface area contributed by atoms with E-state index in [-0.39, 0.29) is 5.75 Å². The molecule has 3 atom stereocenters. The van der Waals surface area contributed by atoms with Crippen LogP contribution < -0.4 is 5.32 Å². The van der Waals surface area contributed by atoms with Crippen molar-refractivity contribution in [3.63, 3.8) is 0 Å². The van der Waals surface area contributed by atoms with Gasteiger partial charge in [0.25, 0.3) is 0 Å². The van der Waals surface area contributed by atoms with Crippen molar-refractivity contribution in [2.45, 2.75) is 18.4 Å². The van der Waals surface area contributed by atoms with E-state index in [0.29, 0.717) is 22.9 Å². The predicted molar refractivity (Wildman–Crippen MR) is 93.7 cm³/mol. The van der Waals surface area contributed by atoms with E-state index in [4.69, 9.17) is 11.6 Å². The molecular weight excluding hydrogens is 308 g/mol. The zero-order valence-corrected chi connectivity index (χ0v) is 13.7. The van der Waals surface area contributed by atoms with Gasteiger partial charge in [-0.2, -0.15) is 0 Å². The number of phenols is 1. The van der Waals surface area contributed by atoms with Crippen LogP contribution in [0.4, 0.5) is 0 Å². The van der Waals surface area contributed by atoms with Gasteiger partial charge >= 0.3 is 0 Å². The van der Waals surface area contributed by atoms with Crippen molar-refractivity contribution in [2.75, 3.05) is 19.6 Å². The Morgan fingerprint density at radius 1 is 1.26 bits per heavy atom. The Hall–Kier alpha value is -1.71. The molecule has 1 aliphatic carbocycles. The van der Waals surface area contributed by atoms with Crippen LogP contribution in [-0.2, 0) is 0 Å². The summed E-state index contributed by atoms with van der Waals surface area (Å²) in [4.78, 5) is 2.49. The van der Waals surface area contributed by atoms with Crippen molar-refractivity contribution in [1.82, 2.24) is 10.2 Å². The molecule has 0 spiro atoms. The zero-order chi connectivity index (χ0) is 15.8. The molecule has 0 radical (unpaired) electrons. The molecule has 3 nitrogen and oxygen atoms in total. The second-order valence-electron chi connectivity index (χ2n) is 6.61. The van der Waals surface area contributed by atoms with E-state index in [2.05, 4.69) is 40.7 Å². The first-order chi connectivity index (χ1) is 11.2. The zero-order valence-electron chi connectivity index (χ0n) is 13.0. The summed E-state index contributed by atoms with van der Waals surface area (Å²) in [6, 6.07) is 5.99. The molecule has 4 heteroatoms. The Labute approximate surface area is 141 Å². The second-order valence-corrected chi connectivity index (χ2v) is 6.99. The van der Waals surface area contributed by atoms with Gasteiger partial charge in [0, 0.05) is 19.0 Å². The lowest BCUT2D eigenvalue weighted by atomic mass is 9.91. The lowest BCUT2D eigenvalue weighted by molar-refractivity contribution is 0.354. The van der Waals surface area contributed by atoms with Crippen molar-refractivity contribution in [1.29, 1.82) is 0 Å². The fourth-order valence-electron chi connectivity index (χ4n) is 3.91. The van der Waals surface area contributed by atoms with E-state index in [0.717, 1.165) is 31.6 Å². The average Bonchev–Trinajstić information content (AvgIpc) is 3.18. The van der Waals surface area contributed by atoms with Crippen molar-refractivity contribution in [3.05, 3.63) is 64.9 Å². The Morgan fingerprint density at radius 2 is 2.13 bits per heavy atom. The van der Waals surface area contributed by atoms with Crippen molar-refractivity contribution in [2.24, 2.45) is 5.92 Å². The van der Waals surface area contributed by atoms with Crippen LogP contribution in [0.5, 0.6) is 5.75 Å². The fourth-order valence-corrected chi connectivity index (χ4v) is 4.19. The number of likely N-dealkylation sites (tertiary alicyclic amines) is 1. The molecule has 0 aromatic heterocycles. The Kier molecular flexibility index (Phi) is 3.92. The summed E-state index contributed by atoms with van der Waals surface area (Å²) in [5.41, 5.74) is 2.53. The van der Waals surface area contributed by atoms with Crippen molar-refractivity contribution < 1.29 is 5.11 Å². The first-order valence-electron chi connectivity index (χ1n) is 8.22. The van der Waals surface area contributed by atoms with Gasteiger partial charge in [-0.15, -0.1) is 0 Å². The minimum atomic E-state index is 0.187. The summed E-state index contributed by atoms with van der Waals surface area (Å²) in [5.74, 6) is 1.08. The number of hydrogen-bond acceptors (Lipinski definition) is 3. The van der Waals surface area contributed by atoms with Gasteiger partial charge in [-0.1, -0.05) is 48.0 Å². The molecule has 0 bridgehead atoms.